The Bertz CT molecular complexity index is 1140. The average molecular weight is 447 g/mol. The van der Waals surface area contributed by atoms with Gasteiger partial charge in [-0.3, -0.25) is 9.36 Å². The van der Waals surface area contributed by atoms with Crippen LogP contribution in [0.25, 0.3) is 17.1 Å². The summed E-state index contributed by atoms with van der Waals surface area (Å²) in [6.45, 7) is 0.689. The normalized spacial score (nSPS) is 13.3. The van der Waals surface area contributed by atoms with Crippen LogP contribution in [0.3, 0.4) is 0 Å². The van der Waals surface area contributed by atoms with Crippen LogP contribution in [0.2, 0.25) is 0 Å². The molecule has 1 fully saturated rings. The summed E-state index contributed by atoms with van der Waals surface area (Å²) in [5.41, 5.74) is 3.18. The Morgan fingerprint density at radius 2 is 1.77 bits per heavy atom. The summed E-state index contributed by atoms with van der Waals surface area (Å²) in [6, 6.07) is 22.6. The van der Waals surface area contributed by atoms with Crippen molar-refractivity contribution in [3.63, 3.8) is 0 Å². The number of benzene rings is 2. The van der Waals surface area contributed by atoms with Gasteiger partial charge in [-0.25, -0.2) is 0 Å². The molecule has 7 heteroatoms. The molecule has 1 saturated carbocycles. The van der Waals surface area contributed by atoms with E-state index in [1.165, 1.54) is 17.3 Å². The van der Waals surface area contributed by atoms with E-state index in [2.05, 4.69) is 27.0 Å². The molecule has 0 unspecified atom stereocenters. The predicted octanol–water partition coefficient (Wildman–Crippen LogP) is 5.28. The molecule has 0 bridgehead atoms. The molecule has 2 heterocycles. The van der Waals surface area contributed by atoms with Gasteiger partial charge in [0, 0.05) is 23.8 Å². The van der Waals surface area contributed by atoms with Crippen LogP contribution >= 0.6 is 23.1 Å². The Kier molecular flexibility index (Phi) is 5.86. The fraction of sp³-hybridized carbons (Fsp3) is 0.208. The third kappa shape index (κ3) is 4.57. The third-order valence-corrected chi connectivity index (χ3v) is 6.89. The number of thioether (sulfide) groups is 1. The Balaban J connectivity index is 1.39. The molecule has 0 radical (unpaired) electrons. The first-order valence-corrected chi connectivity index (χ1v) is 12.2. The molecule has 31 heavy (non-hydrogen) atoms. The summed E-state index contributed by atoms with van der Waals surface area (Å²) < 4.78 is 2.04. The fourth-order valence-corrected chi connectivity index (χ4v) is 5.04. The summed E-state index contributed by atoms with van der Waals surface area (Å²) in [6.07, 6.45) is 2.19. The molecule has 0 aliphatic heterocycles. The number of nitrogens with zero attached hydrogens (tertiary/aromatic N) is 4. The molecule has 2 aromatic carbocycles. The van der Waals surface area contributed by atoms with Gasteiger partial charge in [-0.1, -0.05) is 60.3 Å². The van der Waals surface area contributed by atoms with Crippen LogP contribution in [0.15, 0.2) is 82.6 Å². The van der Waals surface area contributed by atoms with Crippen molar-refractivity contribution in [2.24, 2.45) is 0 Å². The maximum Gasteiger partial charge on any atom is 0.233 e. The van der Waals surface area contributed by atoms with Gasteiger partial charge in [0.05, 0.1) is 5.75 Å². The molecule has 0 N–H and O–H groups in total. The maximum atomic E-state index is 13.1. The van der Waals surface area contributed by atoms with Crippen molar-refractivity contribution in [2.45, 2.75) is 30.6 Å². The average Bonchev–Trinajstić information content (AvgIpc) is 3.35. The standard InChI is InChI=1S/C24H22N4OS2/c29-22(27(20-11-12-20)15-18-13-14-30-16-18)17-31-24-26-25-23(19-7-3-1-4-8-19)28(24)21-9-5-2-6-10-21/h1-10,13-14,16,20H,11-12,15,17H2. The van der Waals surface area contributed by atoms with Gasteiger partial charge in [-0.05, 0) is 47.4 Å². The maximum absolute atomic E-state index is 13.1. The number of thiophene rings is 1. The lowest BCUT2D eigenvalue weighted by atomic mass is 10.2. The van der Waals surface area contributed by atoms with E-state index >= 15 is 0 Å². The number of hydrogen-bond acceptors (Lipinski definition) is 5. The van der Waals surface area contributed by atoms with Crippen LogP contribution in [0.5, 0.6) is 0 Å². The van der Waals surface area contributed by atoms with Crippen LogP contribution in [0.4, 0.5) is 0 Å². The van der Waals surface area contributed by atoms with E-state index in [1.807, 2.05) is 70.1 Å². The Morgan fingerprint density at radius 3 is 2.45 bits per heavy atom. The topological polar surface area (TPSA) is 51.0 Å². The first kappa shape index (κ1) is 20.0. The second kappa shape index (κ2) is 9.08. The first-order valence-electron chi connectivity index (χ1n) is 10.3. The Labute approximate surface area is 189 Å². The minimum atomic E-state index is 0.155. The number of carbonyl (C=O) groups is 1. The number of aromatic nitrogens is 3. The number of hydrogen-bond donors (Lipinski definition) is 0. The molecule has 2 aromatic heterocycles. The number of para-hydroxylation sites is 1. The van der Waals surface area contributed by atoms with E-state index in [4.69, 9.17) is 0 Å². The minimum Gasteiger partial charge on any atom is -0.335 e. The van der Waals surface area contributed by atoms with Crippen molar-refractivity contribution in [2.75, 3.05) is 5.75 Å². The molecule has 1 aliphatic rings. The van der Waals surface area contributed by atoms with E-state index < -0.39 is 0 Å². The SMILES string of the molecule is O=C(CSc1nnc(-c2ccccc2)n1-c1ccccc1)N(Cc1ccsc1)C1CC1. The zero-order valence-corrected chi connectivity index (χ0v) is 18.6. The van der Waals surface area contributed by atoms with Crippen molar-refractivity contribution in [3.05, 3.63) is 83.1 Å². The van der Waals surface area contributed by atoms with Gasteiger partial charge in [0.1, 0.15) is 0 Å². The zero-order chi connectivity index (χ0) is 21.0. The van der Waals surface area contributed by atoms with Gasteiger partial charge in [0.2, 0.25) is 5.91 Å². The fourth-order valence-electron chi connectivity index (χ4n) is 3.54. The predicted molar refractivity (Wildman–Crippen MR) is 125 cm³/mol. The van der Waals surface area contributed by atoms with E-state index in [0.717, 1.165) is 35.1 Å². The van der Waals surface area contributed by atoms with Crippen LogP contribution in [-0.2, 0) is 11.3 Å². The second-order valence-electron chi connectivity index (χ2n) is 7.52. The van der Waals surface area contributed by atoms with Crippen LogP contribution in [0.1, 0.15) is 18.4 Å². The van der Waals surface area contributed by atoms with Crippen LogP contribution in [-0.4, -0.2) is 37.4 Å². The van der Waals surface area contributed by atoms with Crippen LogP contribution in [0, 0.1) is 0 Å². The number of amides is 1. The van der Waals surface area contributed by atoms with Crippen molar-refractivity contribution in [3.8, 4) is 17.1 Å². The molecule has 0 saturated heterocycles. The van der Waals surface area contributed by atoms with Gasteiger partial charge in [-0.15, -0.1) is 10.2 Å². The molecule has 156 valence electrons. The van der Waals surface area contributed by atoms with E-state index in [9.17, 15) is 4.79 Å². The molecule has 1 aliphatic carbocycles. The highest BCUT2D eigenvalue weighted by molar-refractivity contribution is 7.99. The lowest BCUT2D eigenvalue weighted by Crippen LogP contribution is -2.33. The van der Waals surface area contributed by atoms with Crippen LogP contribution < -0.4 is 0 Å². The summed E-state index contributed by atoms with van der Waals surface area (Å²) in [4.78, 5) is 15.1. The highest BCUT2D eigenvalue weighted by atomic mass is 32.2. The van der Waals surface area contributed by atoms with Crippen molar-refractivity contribution in [1.82, 2.24) is 19.7 Å². The molecule has 5 rings (SSSR count). The summed E-state index contributed by atoms with van der Waals surface area (Å²) in [5, 5.41) is 13.8. The molecule has 0 spiro atoms. The van der Waals surface area contributed by atoms with Gasteiger partial charge < -0.3 is 4.90 Å². The van der Waals surface area contributed by atoms with Gasteiger partial charge in [-0.2, -0.15) is 11.3 Å². The zero-order valence-electron chi connectivity index (χ0n) is 16.9. The van der Waals surface area contributed by atoms with Gasteiger partial charge in [0.15, 0.2) is 11.0 Å². The summed E-state index contributed by atoms with van der Waals surface area (Å²) in [7, 11) is 0. The monoisotopic (exact) mass is 446 g/mol. The quantitative estimate of drug-likeness (QED) is 0.346. The highest BCUT2D eigenvalue weighted by Crippen LogP contribution is 2.31. The lowest BCUT2D eigenvalue weighted by Gasteiger charge is -2.22. The molecular weight excluding hydrogens is 424 g/mol. The van der Waals surface area contributed by atoms with E-state index in [1.54, 1.807) is 11.3 Å². The van der Waals surface area contributed by atoms with E-state index in [-0.39, 0.29) is 5.91 Å². The van der Waals surface area contributed by atoms with Crippen molar-refractivity contribution >= 4 is 29.0 Å². The summed E-state index contributed by atoms with van der Waals surface area (Å²) in [5.74, 6) is 1.28. The van der Waals surface area contributed by atoms with Gasteiger partial charge in [0.25, 0.3) is 0 Å². The second-order valence-corrected chi connectivity index (χ2v) is 9.24. The first-order chi connectivity index (χ1) is 15.3. The largest absolute Gasteiger partial charge is 0.335 e. The highest BCUT2D eigenvalue weighted by Gasteiger charge is 2.32. The Morgan fingerprint density at radius 1 is 1.03 bits per heavy atom. The Hall–Kier alpha value is -2.90. The molecular formula is C24H22N4OS2. The molecule has 1 amide bonds. The van der Waals surface area contributed by atoms with Crippen molar-refractivity contribution in [1.29, 1.82) is 0 Å². The number of carbonyl (C=O) groups excluding carboxylic acids is 1. The summed E-state index contributed by atoms with van der Waals surface area (Å²) >= 11 is 3.12. The molecule has 5 nitrogen and oxygen atoms in total. The van der Waals surface area contributed by atoms with Gasteiger partial charge >= 0.3 is 0 Å². The third-order valence-electron chi connectivity index (χ3n) is 5.25. The molecule has 0 atom stereocenters. The van der Waals surface area contributed by atoms with Crippen molar-refractivity contribution < 1.29 is 4.79 Å². The number of rotatable bonds is 8. The van der Waals surface area contributed by atoms with E-state index in [0.29, 0.717) is 18.3 Å². The lowest BCUT2D eigenvalue weighted by molar-refractivity contribution is -0.129. The molecule has 4 aromatic rings. The minimum absolute atomic E-state index is 0.155. The smallest absolute Gasteiger partial charge is 0.233 e.